The summed E-state index contributed by atoms with van der Waals surface area (Å²) in [5.74, 6) is 0.861. The van der Waals surface area contributed by atoms with E-state index in [1.54, 1.807) is 0 Å². The molecule has 0 saturated carbocycles. The predicted octanol–water partition coefficient (Wildman–Crippen LogP) is 2.12. The van der Waals surface area contributed by atoms with E-state index in [1.807, 2.05) is 10.4 Å². The summed E-state index contributed by atoms with van der Waals surface area (Å²) in [5, 5.41) is 3.87. The summed E-state index contributed by atoms with van der Waals surface area (Å²) in [6.45, 7) is 3.72. The van der Waals surface area contributed by atoms with Gasteiger partial charge in [-0.05, 0) is 25.7 Å². The first kappa shape index (κ1) is 10.7. The maximum absolute atomic E-state index is 11.6. The van der Waals surface area contributed by atoms with Gasteiger partial charge in [0.15, 0.2) is 5.84 Å². The largest absolute Gasteiger partial charge is 0.341 e. The van der Waals surface area contributed by atoms with Gasteiger partial charge < -0.3 is 0 Å². The summed E-state index contributed by atoms with van der Waals surface area (Å²) < 4.78 is 18.3. The van der Waals surface area contributed by atoms with E-state index < -0.39 is 11.3 Å². The van der Waals surface area contributed by atoms with Crippen molar-refractivity contribution < 1.29 is 8.49 Å². The average molecular weight is 228 g/mol. The molecule has 0 aromatic rings. The summed E-state index contributed by atoms with van der Waals surface area (Å²) >= 11 is -1.39. The molecule has 0 spiro atoms. The predicted molar refractivity (Wildman–Crippen MR) is 60.2 cm³/mol. The average Bonchev–Trinajstić information content (AvgIpc) is 2.50. The third kappa shape index (κ3) is 2.22. The van der Waals surface area contributed by atoms with E-state index in [0.29, 0.717) is 6.04 Å². The second kappa shape index (κ2) is 4.79. The summed E-state index contributed by atoms with van der Waals surface area (Å²) in [6, 6.07) is 0.299. The van der Waals surface area contributed by atoms with Crippen LogP contribution in [0.2, 0.25) is 0 Å². The van der Waals surface area contributed by atoms with Crippen molar-refractivity contribution in [1.29, 1.82) is 0 Å². The molecule has 4 nitrogen and oxygen atoms in total. The fourth-order valence-corrected chi connectivity index (χ4v) is 3.05. The maximum atomic E-state index is 11.6. The lowest BCUT2D eigenvalue weighted by molar-refractivity contribution is 0.356. The van der Waals surface area contributed by atoms with Crippen molar-refractivity contribution in [3.8, 4) is 0 Å². The number of hydrogen-bond donors (Lipinski definition) is 0. The lowest BCUT2D eigenvalue weighted by Crippen LogP contribution is -2.36. The van der Waals surface area contributed by atoms with Gasteiger partial charge in [-0.1, -0.05) is 17.7 Å². The molecule has 2 atom stereocenters. The molecule has 2 unspecified atom stereocenters. The van der Waals surface area contributed by atoms with E-state index in [4.69, 9.17) is 4.28 Å². The van der Waals surface area contributed by atoms with Crippen molar-refractivity contribution in [2.24, 2.45) is 5.16 Å². The van der Waals surface area contributed by atoms with Crippen LogP contribution in [0.5, 0.6) is 0 Å². The molecule has 0 bridgehead atoms. The van der Waals surface area contributed by atoms with Crippen LogP contribution in [-0.4, -0.2) is 20.4 Å². The summed E-state index contributed by atoms with van der Waals surface area (Å²) in [4.78, 5) is 0. The topological polar surface area (TPSA) is 41.9 Å². The van der Waals surface area contributed by atoms with E-state index in [9.17, 15) is 4.21 Å². The Morgan fingerprint density at radius 1 is 1.67 bits per heavy atom. The van der Waals surface area contributed by atoms with Crippen molar-refractivity contribution in [3.63, 3.8) is 0 Å². The monoisotopic (exact) mass is 228 g/mol. The molecule has 0 amide bonds. The van der Waals surface area contributed by atoms with Gasteiger partial charge in [-0.15, -0.1) is 6.58 Å². The molecular formula is C10H16N2O2S. The van der Waals surface area contributed by atoms with Crippen LogP contribution in [-0.2, 0) is 15.6 Å². The second-order valence-corrected chi connectivity index (χ2v) is 4.87. The number of nitrogens with zero attached hydrogens (tertiary/aromatic N) is 2. The Bertz CT molecular complexity index is 304. The number of allylic oxidation sites excluding steroid dienone is 1. The molecule has 0 aliphatic carbocycles. The van der Waals surface area contributed by atoms with Gasteiger partial charge in [0.05, 0.1) is 0 Å². The lowest BCUT2D eigenvalue weighted by Gasteiger charge is -2.23. The fraction of sp³-hybridized carbons (Fsp3) is 0.700. The number of amidine groups is 1. The van der Waals surface area contributed by atoms with Gasteiger partial charge in [0.25, 0.3) is 0 Å². The van der Waals surface area contributed by atoms with Crippen LogP contribution in [0.3, 0.4) is 0 Å². The zero-order valence-electron chi connectivity index (χ0n) is 8.72. The molecule has 2 aliphatic heterocycles. The van der Waals surface area contributed by atoms with Gasteiger partial charge in [0.2, 0.25) is 0 Å². The van der Waals surface area contributed by atoms with Gasteiger partial charge in [-0.2, -0.15) is 4.21 Å². The Hall–Kier alpha value is -0.840. The fourth-order valence-electron chi connectivity index (χ4n) is 2.08. The van der Waals surface area contributed by atoms with Gasteiger partial charge in [0.1, 0.15) is 0 Å². The van der Waals surface area contributed by atoms with Crippen molar-refractivity contribution in [1.82, 2.24) is 4.31 Å². The van der Waals surface area contributed by atoms with Crippen LogP contribution in [0.4, 0.5) is 0 Å². The third-order valence-electron chi connectivity index (χ3n) is 2.84. The highest BCUT2D eigenvalue weighted by molar-refractivity contribution is 7.78. The normalized spacial score (nSPS) is 30.1. The van der Waals surface area contributed by atoms with E-state index in [0.717, 1.165) is 37.9 Å². The van der Waals surface area contributed by atoms with Crippen molar-refractivity contribution in [2.75, 3.05) is 0 Å². The molecule has 2 aliphatic rings. The molecule has 0 radical (unpaired) electrons. The highest BCUT2D eigenvalue weighted by atomic mass is 32.2. The first-order valence-electron chi connectivity index (χ1n) is 5.39. The van der Waals surface area contributed by atoms with E-state index >= 15 is 0 Å². The van der Waals surface area contributed by atoms with Crippen LogP contribution in [0, 0.1) is 0 Å². The second-order valence-electron chi connectivity index (χ2n) is 3.89. The van der Waals surface area contributed by atoms with Crippen LogP contribution in [0.1, 0.15) is 38.5 Å². The van der Waals surface area contributed by atoms with E-state index in [1.165, 1.54) is 6.42 Å². The van der Waals surface area contributed by atoms with Crippen molar-refractivity contribution in [3.05, 3.63) is 12.7 Å². The minimum atomic E-state index is -1.39. The quantitative estimate of drug-likeness (QED) is 0.694. The lowest BCUT2D eigenvalue weighted by atomic mass is 10.1. The SMILES string of the molecule is C=CCCC1CCCCC2=NOS(=O)N21. The number of rotatable bonds is 3. The Morgan fingerprint density at radius 2 is 2.53 bits per heavy atom. The smallest absolute Gasteiger partial charge is 0.269 e. The molecule has 84 valence electrons. The Morgan fingerprint density at radius 3 is 3.33 bits per heavy atom. The van der Waals surface area contributed by atoms with Gasteiger partial charge in [-0.3, -0.25) is 4.28 Å². The third-order valence-corrected chi connectivity index (χ3v) is 3.88. The Labute approximate surface area is 92.8 Å². The summed E-state index contributed by atoms with van der Waals surface area (Å²) in [6.07, 6.45) is 8.08. The highest BCUT2D eigenvalue weighted by Gasteiger charge is 2.34. The molecular weight excluding hydrogens is 212 g/mol. The summed E-state index contributed by atoms with van der Waals surface area (Å²) in [7, 11) is 0. The number of fused-ring (bicyclic) bond motifs is 1. The molecule has 1 fully saturated rings. The first-order chi connectivity index (χ1) is 7.33. The molecule has 5 heteroatoms. The molecule has 15 heavy (non-hydrogen) atoms. The zero-order chi connectivity index (χ0) is 10.7. The Balaban J connectivity index is 2.09. The molecule has 0 aromatic carbocycles. The van der Waals surface area contributed by atoms with E-state index in [2.05, 4.69) is 11.7 Å². The van der Waals surface area contributed by atoms with Gasteiger partial charge in [0, 0.05) is 12.5 Å². The molecule has 0 N–H and O–H groups in total. The van der Waals surface area contributed by atoms with E-state index in [-0.39, 0.29) is 0 Å². The van der Waals surface area contributed by atoms with Crippen LogP contribution in [0.25, 0.3) is 0 Å². The van der Waals surface area contributed by atoms with Crippen LogP contribution in [0.15, 0.2) is 17.8 Å². The van der Waals surface area contributed by atoms with Crippen LogP contribution >= 0.6 is 0 Å². The highest BCUT2D eigenvalue weighted by Crippen LogP contribution is 2.27. The number of hydrogen-bond acceptors (Lipinski definition) is 3. The molecule has 1 saturated heterocycles. The van der Waals surface area contributed by atoms with Crippen LogP contribution < -0.4 is 0 Å². The maximum Gasteiger partial charge on any atom is 0.341 e. The van der Waals surface area contributed by atoms with Crippen molar-refractivity contribution in [2.45, 2.75) is 44.6 Å². The first-order valence-corrected chi connectivity index (χ1v) is 6.42. The molecule has 2 heterocycles. The minimum Gasteiger partial charge on any atom is -0.269 e. The molecule has 0 aromatic heterocycles. The van der Waals surface area contributed by atoms with Crippen molar-refractivity contribution >= 4 is 17.1 Å². The molecule has 2 rings (SSSR count). The zero-order valence-corrected chi connectivity index (χ0v) is 9.54. The number of oxime groups is 1. The standard InChI is InChI=1S/C10H16N2O2S/c1-2-3-6-9-7-4-5-8-10-11-14-15(13)12(9)10/h2,9H,1,3-8H2. The summed E-state index contributed by atoms with van der Waals surface area (Å²) in [5.41, 5.74) is 0. The Kier molecular flexibility index (Phi) is 3.41. The van der Waals surface area contributed by atoms with Gasteiger partial charge >= 0.3 is 11.3 Å². The minimum absolute atomic E-state index is 0.299. The van der Waals surface area contributed by atoms with Gasteiger partial charge in [-0.25, -0.2) is 4.31 Å².